The molecule has 0 aromatic carbocycles. The number of guanidine groups is 1. The number of nitrogens with two attached hydrogens (primary N) is 1. The lowest BCUT2D eigenvalue weighted by molar-refractivity contribution is -0.140. The van der Waals surface area contributed by atoms with Crippen LogP contribution in [0.4, 0.5) is 0 Å². The summed E-state index contributed by atoms with van der Waals surface area (Å²) in [6.45, 7) is 4.83. The Bertz CT molecular complexity index is 258. The summed E-state index contributed by atoms with van der Waals surface area (Å²) in [5.74, 6) is 0.405. The molecule has 0 atom stereocenters. The molecule has 0 amide bonds. The highest BCUT2D eigenvalue weighted by atomic mass is 127. The van der Waals surface area contributed by atoms with Crippen LogP contribution in [0.1, 0.15) is 52.4 Å². The maximum absolute atomic E-state index is 10.8. The summed E-state index contributed by atoms with van der Waals surface area (Å²) >= 11 is 0. The van der Waals surface area contributed by atoms with Crippen molar-refractivity contribution in [3.05, 3.63) is 0 Å². The number of aliphatic imine (C=N–C) groups is 1. The van der Waals surface area contributed by atoms with Crippen molar-refractivity contribution in [1.29, 1.82) is 0 Å². The van der Waals surface area contributed by atoms with Crippen molar-refractivity contribution >= 4 is 35.9 Å². The Morgan fingerprint density at radius 3 is 2.37 bits per heavy atom. The van der Waals surface area contributed by atoms with Gasteiger partial charge in [-0.2, -0.15) is 0 Å². The molecule has 0 heterocycles. The highest BCUT2D eigenvalue weighted by Crippen LogP contribution is 2.05. The standard InChI is InChI=1S/C13H27N3O2.HI/c1-11(2)16-13(14)15-10-8-6-4-5-7-9-12(17)18-3;/h11H,4-10H2,1-3H3,(H3,14,15,16);1H. The van der Waals surface area contributed by atoms with E-state index in [-0.39, 0.29) is 29.9 Å². The van der Waals surface area contributed by atoms with Gasteiger partial charge < -0.3 is 15.8 Å². The average Bonchev–Trinajstić information content (AvgIpc) is 2.31. The molecular weight excluding hydrogens is 357 g/mol. The van der Waals surface area contributed by atoms with Gasteiger partial charge in [-0.1, -0.05) is 19.3 Å². The number of hydrogen-bond donors (Lipinski definition) is 2. The number of halogens is 1. The number of rotatable bonds is 9. The molecule has 6 heteroatoms. The predicted molar refractivity (Wildman–Crippen MR) is 89.9 cm³/mol. The molecule has 0 aromatic rings. The van der Waals surface area contributed by atoms with E-state index in [9.17, 15) is 4.79 Å². The second-order valence-corrected chi connectivity index (χ2v) is 4.66. The van der Waals surface area contributed by atoms with Gasteiger partial charge in [0.15, 0.2) is 5.96 Å². The van der Waals surface area contributed by atoms with E-state index in [0.717, 1.165) is 38.6 Å². The van der Waals surface area contributed by atoms with Crippen LogP contribution in [-0.4, -0.2) is 31.6 Å². The Morgan fingerprint density at radius 1 is 1.21 bits per heavy atom. The van der Waals surface area contributed by atoms with Crippen LogP contribution in [0.3, 0.4) is 0 Å². The zero-order chi connectivity index (χ0) is 13.8. The molecule has 0 spiro atoms. The fourth-order valence-corrected chi connectivity index (χ4v) is 1.55. The van der Waals surface area contributed by atoms with Crippen LogP contribution in [-0.2, 0) is 9.53 Å². The quantitative estimate of drug-likeness (QED) is 0.210. The molecule has 0 aromatic heterocycles. The van der Waals surface area contributed by atoms with Crippen LogP contribution >= 0.6 is 24.0 Å². The minimum absolute atomic E-state index is 0. The van der Waals surface area contributed by atoms with Crippen LogP contribution in [0.15, 0.2) is 4.99 Å². The molecule has 5 nitrogen and oxygen atoms in total. The summed E-state index contributed by atoms with van der Waals surface area (Å²) in [6.07, 6.45) is 5.80. The molecule has 0 bridgehead atoms. The molecule has 0 aliphatic heterocycles. The van der Waals surface area contributed by atoms with E-state index in [0.29, 0.717) is 18.4 Å². The molecular formula is C13H28IN3O2. The molecule has 0 saturated carbocycles. The normalized spacial score (nSPS) is 11.1. The zero-order valence-corrected chi connectivity index (χ0v) is 14.6. The van der Waals surface area contributed by atoms with E-state index in [2.05, 4.69) is 15.0 Å². The van der Waals surface area contributed by atoms with E-state index in [4.69, 9.17) is 5.73 Å². The third-order valence-corrected chi connectivity index (χ3v) is 2.49. The topological polar surface area (TPSA) is 76.7 Å². The van der Waals surface area contributed by atoms with Crippen molar-refractivity contribution in [3.8, 4) is 0 Å². The van der Waals surface area contributed by atoms with Crippen molar-refractivity contribution in [1.82, 2.24) is 5.32 Å². The van der Waals surface area contributed by atoms with Gasteiger partial charge in [-0.05, 0) is 26.7 Å². The van der Waals surface area contributed by atoms with Gasteiger partial charge in [0.05, 0.1) is 7.11 Å². The first-order valence-electron chi connectivity index (χ1n) is 6.69. The average molecular weight is 385 g/mol. The number of ether oxygens (including phenoxy) is 1. The fourth-order valence-electron chi connectivity index (χ4n) is 1.55. The van der Waals surface area contributed by atoms with E-state index in [1.807, 2.05) is 13.8 Å². The number of methoxy groups -OCH3 is 1. The number of carbonyl (C=O) groups excluding carboxylic acids is 1. The lowest BCUT2D eigenvalue weighted by Gasteiger charge is -2.08. The highest BCUT2D eigenvalue weighted by Gasteiger charge is 1.99. The van der Waals surface area contributed by atoms with Crippen molar-refractivity contribution in [2.45, 2.75) is 58.4 Å². The highest BCUT2D eigenvalue weighted by molar-refractivity contribution is 14.0. The Hall–Kier alpha value is -0.530. The number of esters is 1. The monoisotopic (exact) mass is 385 g/mol. The molecule has 0 unspecified atom stereocenters. The molecule has 114 valence electrons. The summed E-state index contributed by atoms with van der Waals surface area (Å²) < 4.78 is 4.58. The van der Waals surface area contributed by atoms with E-state index in [1.165, 1.54) is 7.11 Å². The van der Waals surface area contributed by atoms with Crippen molar-refractivity contribution < 1.29 is 9.53 Å². The first kappa shape index (κ1) is 20.8. The molecule has 0 radical (unpaired) electrons. The van der Waals surface area contributed by atoms with Crippen molar-refractivity contribution in [3.63, 3.8) is 0 Å². The number of hydrogen-bond acceptors (Lipinski definition) is 3. The van der Waals surface area contributed by atoms with Gasteiger partial charge in [0.1, 0.15) is 0 Å². The molecule has 0 aliphatic rings. The Kier molecular flexibility index (Phi) is 15.2. The fraction of sp³-hybridized carbons (Fsp3) is 0.846. The maximum atomic E-state index is 10.8. The number of nitrogens with zero attached hydrogens (tertiary/aromatic N) is 1. The third-order valence-electron chi connectivity index (χ3n) is 2.49. The number of nitrogens with one attached hydrogen (secondary N) is 1. The van der Waals surface area contributed by atoms with Crippen LogP contribution in [0.5, 0.6) is 0 Å². The smallest absolute Gasteiger partial charge is 0.305 e. The molecule has 3 N–H and O–H groups in total. The summed E-state index contributed by atoms with van der Waals surface area (Å²) in [5.41, 5.74) is 5.67. The van der Waals surface area contributed by atoms with Gasteiger partial charge in [0, 0.05) is 19.0 Å². The van der Waals surface area contributed by atoms with E-state index >= 15 is 0 Å². The van der Waals surface area contributed by atoms with E-state index in [1.54, 1.807) is 0 Å². The zero-order valence-electron chi connectivity index (χ0n) is 12.3. The van der Waals surface area contributed by atoms with Crippen LogP contribution in [0.25, 0.3) is 0 Å². The Labute approximate surface area is 133 Å². The summed E-state index contributed by atoms with van der Waals surface area (Å²) in [6, 6.07) is 0.326. The first-order chi connectivity index (χ1) is 8.56. The van der Waals surface area contributed by atoms with Gasteiger partial charge >= 0.3 is 5.97 Å². The van der Waals surface area contributed by atoms with Crippen LogP contribution in [0, 0.1) is 0 Å². The Balaban J connectivity index is 0. The lowest BCUT2D eigenvalue weighted by Crippen LogP contribution is -2.36. The van der Waals surface area contributed by atoms with E-state index < -0.39 is 0 Å². The van der Waals surface area contributed by atoms with Crippen LogP contribution < -0.4 is 11.1 Å². The van der Waals surface area contributed by atoms with Gasteiger partial charge in [0.25, 0.3) is 0 Å². The lowest BCUT2D eigenvalue weighted by atomic mass is 10.1. The summed E-state index contributed by atoms with van der Waals surface area (Å²) in [7, 11) is 1.43. The first-order valence-corrected chi connectivity index (χ1v) is 6.69. The largest absolute Gasteiger partial charge is 0.469 e. The summed E-state index contributed by atoms with van der Waals surface area (Å²) in [4.78, 5) is 15.1. The van der Waals surface area contributed by atoms with Gasteiger partial charge in [-0.15, -0.1) is 24.0 Å². The molecule has 19 heavy (non-hydrogen) atoms. The van der Waals surface area contributed by atoms with Crippen LogP contribution in [0.2, 0.25) is 0 Å². The van der Waals surface area contributed by atoms with Gasteiger partial charge in [-0.3, -0.25) is 9.79 Å². The second kappa shape index (κ2) is 13.9. The second-order valence-electron chi connectivity index (χ2n) is 4.66. The van der Waals surface area contributed by atoms with Crippen molar-refractivity contribution in [2.24, 2.45) is 10.7 Å². The minimum Gasteiger partial charge on any atom is -0.469 e. The molecule has 0 fully saturated rings. The SMILES string of the molecule is COC(=O)CCCCCCCN=C(N)NC(C)C.I. The third kappa shape index (κ3) is 15.4. The van der Waals surface area contributed by atoms with Gasteiger partial charge in [0.2, 0.25) is 0 Å². The molecule has 0 rings (SSSR count). The van der Waals surface area contributed by atoms with Gasteiger partial charge in [-0.25, -0.2) is 0 Å². The predicted octanol–water partition coefficient (Wildman–Crippen LogP) is 2.43. The van der Waals surface area contributed by atoms with Crippen molar-refractivity contribution in [2.75, 3.05) is 13.7 Å². The number of carbonyl (C=O) groups is 1. The maximum Gasteiger partial charge on any atom is 0.305 e. The molecule has 0 saturated heterocycles. The minimum atomic E-state index is -0.118. The number of unbranched alkanes of at least 4 members (excludes halogenated alkanes) is 4. The Morgan fingerprint density at radius 2 is 1.79 bits per heavy atom. The summed E-state index contributed by atoms with van der Waals surface area (Å²) in [5, 5.41) is 3.05. The molecule has 0 aliphatic carbocycles.